The summed E-state index contributed by atoms with van der Waals surface area (Å²) in [6.45, 7) is 0.938. The molecule has 0 bridgehead atoms. The number of carbonyl (C=O) groups is 2. The number of aliphatic imine (C=N–C) groups is 1. The van der Waals surface area contributed by atoms with Crippen LogP contribution >= 0.6 is 0 Å². The van der Waals surface area contributed by atoms with Gasteiger partial charge in [-0.05, 0) is 48.4 Å². The van der Waals surface area contributed by atoms with Crippen molar-refractivity contribution in [2.45, 2.75) is 43.7 Å². The molecule has 198 valence electrons. The number of fused-ring (bicyclic) bond motifs is 1. The molecular weight excluding hydrogens is 489 g/mol. The van der Waals surface area contributed by atoms with Crippen LogP contribution < -0.4 is 16.0 Å². The van der Waals surface area contributed by atoms with Crippen LogP contribution in [0.4, 0.5) is 14.9 Å². The van der Waals surface area contributed by atoms with E-state index in [1.807, 2.05) is 18.2 Å². The Labute approximate surface area is 220 Å². The Balaban J connectivity index is 1.41. The van der Waals surface area contributed by atoms with Crippen LogP contribution in [0.1, 0.15) is 36.0 Å². The molecule has 0 saturated carbocycles. The summed E-state index contributed by atoms with van der Waals surface area (Å²) in [5.74, 6) is 5.08. The van der Waals surface area contributed by atoms with Crippen molar-refractivity contribution in [1.29, 1.82) is 0 Å². The molecule has 1 aromatic carbocycles. The van der Waals surface area contributed by atoms with E-state index in [9.17, 15) is 19.1 Å². The van der Waals surface area contributed by atoms with Crippen molar-refractivity contribution in [3.8, 4) is 11.8 Å². The number of benzene rings is 1. The number of anilines is 1. The maximum Gasteiger partial charge on any atom is 0.341 e. The third-order valence-corrected chi connectivity index (χ3v) is 6.63. The van der Waals surface area contributed by atoms with Crippen LogP contribution in [0.3, 0.4) is 0 Å². The predicted molar refractivity (Wildman–Crippen MR) is 141 cm³/mol. The van der Waals surface area contributed by atoms with E-state index in [2.05, 4.69) is 27.1 Å². The summed E-state index contributed by atoms with van der Waals surface area (Å²) in [4.78, 5) is 34.7. The second-order valence-electron chi connectivity index (χ2n) is 9.31. The van der Waals surface area contributed by atoms with Gasteiger partial charge in [0.25, 0.3) is 0 Å². The average Bonchev–Trinajstić information content (AvgIpc) is 3.03. The highest BCUT2D eigenvalue weighted by molar-refractivity contribution is 6.01. The Morgan fingerprint density at radius 3 is 2.92 bits per heavy atom. The van der Waals surface area contributed by atoms with Crippen molar-refractivity contribution < 1.29 is 23.8 Å². The quantitative estimate of drug-likeness (QED) is 0.323. The largest absolute Gasteiger partial charge is 0.404 e. The lowest BCUT2D eigenvalue weighted by molar-refractivity contribution is -0.120. The third-order valence-electron chi connectivity index (χ3n) is 6.63. The number of likely N-dealkylation sites (N-methyl/N-ethyl adjacent to an activating group) is 1. The topological polar surface area (TPSA) is 130 Å². The van der Waals surface area contributed by atoms with Gasteiger partial charge in [-0.2, -0.15) is 4.39 Å². The smallest absolute Gasteiger partial charge is 0.341 e. The van der Waals surface area contributed by atoms with Crippen molar-refractivity contribution in [1.82, 2.24) is 10.3 Å². The number of ether oxygens (including phenoxy) is 1. The lowest BCUT2D eigenvalue weighted by atomic mass is 9.94. The molecule has 38 heavy (non-hydrogen) atoms. The Morgan fingerprint density at radius 2 is 2.18 bits per heavy atom. The molecule has 9 nitrogen and oxygen atoms in total. The first-order valence-electron chi connectivity index (χ1n) is 12.4. The fourth-order valence-corrected chi connectivity index (χ4v) is 4.34. The molecular formula is C28H30FN5O4. The number of allylic oxidation sites excluding steroid dienone is 1. The van der Waals surface area contributed by atoms with Crippen molar-refractivity contribution >= 4 is 23.8 Å². The number of aryl methyl sites for hydroxylation is 1. The second-order valence-corrected chi connectivity index (χ2v) is 9.31. The van der Waals surface area contributed by atoms with Crippen LogP contribution in [-0.2, 0) is 22.4 Å². The molecule has 0 aliphatic carbocycles. The van der Waals surface area contributed by atoms with Gasteiger partial charge in [0.15, 0.2) is 0 Å². The van der Waals surface area contributed by atoms with E-state index in [0.717, 1.165) is 5.56 Å². The number of pyridine rings is 1. The van der Waals surface area contributed by atoms with Gasteiger partial charge < -0.3 is 25.8 Å². The number of nitrogens with two attached hydrogens (primary N) is 1. The zero-order chi connectivity index (χ0) is 27.1. The number of aliphatic hydroxyl groups is 1. The summed E-state index contributed by atoms with van der Waals surface area (Å²) in [7, 11) is 1.65. The van der Waals surface area contributed by atoms with Gasteiger partial charge in [0.05, 0.1) is 13.2 Å². The Hall–Kier alpha value is -4.07. The molecule has 4 rings (SSSR count). The van der Waals surface area contributed by atoms with Crippen LogP contribution in [0.5, 0.6) is 0 Å². The lowest BCUT2D eigenvalue weighted by Crippen LogP contribution is -2.46. The van der Waals surface area contributed by atoms with Gasteiger partial charge in [0.2, 0.25) is 11.9 Å². The average molecular weight is 520 g/mol. The minimum absolute atomic E-state index is 0.115. The van der Waals surface area contributed by atoms with Gasteiger partial charge in [-0.3, -0.25) is 4.79 Å². The third kappa shape index (κ3) is 6.62. The van der Waals surface area contributed by atoms with Crippen molar-refractivity contribution in [3.05, 3.63) is 70.9 Å². The van der Waals surface area contributed by atoms with E-state index < -0.39 is 23.6 Å². The van der Waals surface area contributed by atoms with Crippen LogP contribution in [0.25, 0.3) is 0 Å². The van der Waals surface area contributed by atoms with Crippen molar-refractivity contribution in [2.75, 3.05) is 25.2 Å². The fraction of sp³-hybridized carbons (Fsp3) is 0.357. The summed E-state index contributed by atoms with van der Waals surface area (Å²) in [5, 5.41) is 13.3. The number of carbonyl (C=O) groups excluding carboxylic acids is 2. The van der Waals surface area contributed by atoms with E-state index in [-0.39, 0.29) is 12.3 Å². The van der Waals surface area contributed by atoms with E-state index in [4.69, 9.17) is 10.5 Å². The SMILES string of the molecule is CN1C(=O)C(NC(=O)/N=C/C(=C\N)Cc2cccnc2F)CCc2ccc(C#CC3(O)CCOCC3)cc21. The van der Waals surface area contributed by atoms with Gasteiger partial charge >= 0.3 is 6.03 Å². The summed E-state index contributed by atoms with van der Waals surface area (Å²) < 4.78 is 19.1. The van der Waals surface area contributed by atoms with Crippen molar-refractivity contribution in [2.24, 2.45) is 10.7 Å². The molecule has 4 N–H and O–H groups in total. The van der Waals surface area contributed by atoms with Gasteiger partial charge in [-0.25, -0.2) is 14.8 Å². The Morgan fingerprint density at radius 1 is 1.39 bits per heavy atom. The van der Waals surface area contributed by atoms with E-state index >= 15 is 0 Å². The van der Waals surface area contributed by atoms with E-state index in [0.29, 0.717) is 61.3 Å². The summed E-state index contributed by atoms with van der Waals surface area (Å²) in [5.41, 5.74) is 7.61. The summed E-state index contributed by atoms with van der Waals surface area (Å²) in [6.07, 6.45) is 5.81. The number of hydrogen-bond acceptors (Lipinski definition) is 6. The van der Waals surface area contributed by atoms with Gasteiger partial charge in [-0.1, -0.05) is 24.0 Å². The molecule has 2 aliphatic heterocycles. The highest BCUT2D eigenvalue weighted by atomic mass is 19.1. The van der Waals surface area contributed by atoms with Gasteiger partial charge in [0.1, 0.15) is 11.6 Å². The predicted octanol–water partition coefficient (Wildman–Crippen LogP) is 2.26. The Kier molecular flexibility index (Phi) is 8.51. The van der Waals surface area contributed by atoms with Gasteiger partial charge in [-0.15, -0.1) is 0 Å². The summed E-state index contributed by atoms with van der Waals surface area (Å²) >= 11 is 0. The number of hydrogen-bond donors (Lipinski definition) is 3. The normalized spacial score (nSPS) is 19.3. The molecule has 1 unspecified atom stereocenters. The molecule has 0 spiro atoms. The first kappa shape index (κ1) is 27.0. The van der Waals surface area contributed by atoms with E-state index in [1.165, 1.54) is 23.5 Å². The molecule has 3 amide bonds. The number of rotatable bonds is 4. The van der Waals surface area contributed by atoms with Crippen LogP contribution in [0.2, 0.25) is 0 Å². The standard InChI is InChI=1S/C28H30FN5O4/c1-34-24-16-19(8-9-28(37)10-13-38-14-11-28)4-5-21(24)6-7-23(26(34)35)33-27(36)32-18-20(17-30)15-22-3-2-12-31-25(22)29/h2-5,12,16-18,23,37H,6-7,10-11,13-15,30H2,1H3,(H,33,36)/b20-17-,32-18+. The molecule has 1 aromatic heterocycles. The van der Waals surface area contributed by atoms with Crippen LogP contribution in [0.15, 0.2) is 53.3 Å². The molecule has 3 heterocycles. The molecule has 2 aromatic rings. The number of nitrogens with one attached hydrogen (secondary N) is 1. The zero-order valence-corrected chi connectivity index (χ0v) is 21.1. The zero-order valence-electron chi connectivity index (χ0n) is 21.1. The maximum absolute atomic E-state index is 13.8. The minimum Gasteiger partial charge on any atom is -0.404 e. The number of urea groups is 1. The monoisotopic (exact) mass is 519 g/mol. The Bertz CT molecular complexity index is 1320. The summed E-state index contributed by atoms with van der Waals surface area (Å²) in [6, 6.07) is 7.29. The number of halogens is 1. The number of nitrogens with zero attached hydrogens (tertiary/aromatic N) is 3. The van der Waals surface area contributed by atoms with Gasteiger partial charge in [0, 0.05) is 55.5 Å². The molecule has 1 fully saturated rings. The second kappa shape index (κ2) is 12.0. The maximum atomic E-state index is 13.8. The fourth-order valence-electron chi connectivity index (χ4n) is 4.34. The van der Waals surface area contributed by atoms with Crippen molar-refractivity contribution in [3.63, 3.8) is 0 Å². The number of aromatic nitrogens is 1. The first-order valence-corrected chi connectivity index (χ1v) is 12.4. The number of amides is 3. The minimum atomic E-state index is -1.08. The highest BCUT2D eigenvalue weighted by Crippen LogP contribution is 2.28. The van der Waals surface area contributed by atoms with Crippen LogP contribution in [-0.4, -0.2) is 60.1 Å². The molecule has 1 saturated heterocycles. The molecule has 1 atom stereocenters. The molecule has 0 radical (unpaired) electrons. The highest BCUT2D eigenvalue weighted by Gasteiger charge is 2.30. The van der Waals surface area contributed by atoms with E-state index in [1.54, 1.807) is 19.2 Å². The first-order chi connectivity index (χ1) is 18.3. The lowest BCUT2D eigenvalue weighted by Gasteiger charge is -2.26. The van der Waals surface area contributed by atoms with Crippen LogP contribution in [0, 0.1) is 17.8 Å². The molecule has 2 aliphatic rings. The molecule has 10 heteroatoms.